The Balaban J connectivity index is 1.36. The number of ether oxygens (including phenoxy) is 2. The molecule has 1 aromatic heterocycles. The number of piperidine rings is 1. The van der Waals surface area contributed by atoms with Crippen molar-refractivity contribution >= 4 is 28.8 Å². The molecule has 2 heterocycles. The topological polar surface area (TPSA) is 83.9 Å². The molecule has 0 radical (unpaired) electrons. The minimum absolute atomic E-state index is 0.187. The first-order valence-electron chi connectivity index (χ1n) is 11.0. The molecular formula is C25H28ClN3O4S. The van der Waals surface area contributed by atoms with Crippen LogP contribution >= 0.6 is 22.9 Å². The molecule has 0 spiro atoms. The summed E-state index contributed by atoms with van der Waals surface area (Å²) in [5.41, 5.74) is 3.06. The van der Waals surface area contributed by atoms with Crippen LogP contribution in [-0.2, 0) is 18.7 Å². The fraction of sp³-hybridized carbons (Fsp3) is 0.360. The number of methoxy groups -OCH3 is 2. The van der Waals surface area contributed by atoms with Crippen molar-refractivity contribution in [2.45, 2.75) is 31.5 Å². The molecule has 2 N–H and O–H groups in total. The van der Waals surface area contributed by atoms with Crippen molar-refractivity contribution in [1.29, 1.82) is 0 Å². The maximum atomic E-state index is 12.5. The zero-order valence-corrected chi connectivity index (χ0v) is 20.8. The Bertz CT molecular complexity index is 1130. The predicted octanol–water partition coefficient (Wildman–Crippen LogP) is 4.23. The number of likely N-dealkylation sites (tertiary alicyclic amines) is 1. The largest absolute Gasteiger partial charge is 0.493 e. The van der Waals surface area contributed by atoms with Gasteiger partial charge in [0.1, 0.15) is 5.60 Å². The van der Waals surface area contributed by atoms with Gasteiger partial charge in [-0.2, -0.15) is 0 Å². The lowest BCUT2D eigenvalue weighted by Gasteiger charge is -2.38. The predicted molar refractivity (Wildman–Crippen MR) is 133 cm³/mol. The molecule has 34 heavy (non-hydrogen) atoms. The minimum atomic E-state index is -1.01. The second-order valence-corrected chi connectivity index (χ2v) is 9.69. The van der Waals surface area contributed by atoms with Crippen molar-refractivity contribution in [2.75, 3.05) is 27.3 Å². The van der Waals surface area contributed by atoms with Crippen LogP contribution in [0.15, 0.2) is 48.0 Å². The number of aliphatic hydroxyl groups is 1. The first-order chi connectivity index (χ1) is 16.4. The molecule has 1 aliphatic heterocycles. The molecule has 3 aromatic rings. The van der Waals surface area contributed by atoms with Gasteiger partial charge in [0, 0.05) is 35.1 Å². The molecule has 0 unspecified atom stereocenters. The third kappa shape index (κ3) is 5.52. The molecule has 1 amide bonds. The lowest BCUT2D eigenvalue weighted by atomic mass is 9.87. The number of nitrogens with zero attached hydrogens (tertiary/aromatic N) is 2. The van der Waals surface area contributed by atoms with Gasteiger partial charge in [-0.3, -0.25) is 9.69 Å². The molecule has 2 aromatic carbocycles. The van der Waals surface area contributed by atoms with Crippen molar-refractivity contribution in [3.63, 3.8) is 0 Å². The van der Waals surface area contributed by atoms with Gasteiger partial charge in [-0.05, 0) is 54.8 Å². The van der Waals surface area contributed by atoms with E-state index in [1.54, 1.807) is 44.0 Å². The molecule has 0 saturated carbocycles. The average Bonchev–Trinajstić information content (AvgIpc) is 3.34. The van der Waals surface area contributed by atoms with Gasteiger partial charge in [0.15, 0.2) is 11.5 Å². The smallest absolute Gasteiger partial charge is 0.251 e. The number of hydrogen-bond donors (Lipinski definition) is 2. The van der Waals surface area contributed by atoms with Gasteiger partial charge in [-0.1, -0.05) is 17.7 Å². The van der Waals surface area contributed by atoms with E-state index in [1.807, 2.05) is 18.2 Å². The number of halogens is 1. The Labute approximate surface area is 208 Å². The number of amides is 1. The summed E-state index contributed by atoms with van der Waals surface area (Å²) in [6.07, 6.45) is 1.14. The number of carbonyl (C=O) groups is 1. The van der Waals surface area contributed by atoms with Gasteiger partial charge in [0.2, 0.25) is 0 Å². The molecule has 180 valence electrons. The van der Waals surface area contributed by atoms with Gasteiger partial charge in [0.05, 0.1) is 32.0 Å². The summed E-state index contributed by atoms with van der Waals surface area (Å²) in [4.78, 5) is 20.1. The summed E-state index contributed by atoms with van der Waals surface area (Å²) in [6.45, 7) is 2.55. The standard InChI is InChI=1S/C25H28ClN3O4S/c1-32-20-8-3-17(13-21(20)33-2)15-29-11-9-25(31,10-12-29)23-22(34-16-28-23)14-27-24(30)18-4-6-19(26)7-5-18/h3-8,13,16,31H,9-12,14-15H2,1-2H3,(H,27,30). The van der Waals surface area contributed by atoms with Gasteiger partial charge < -0.3 is 19.9 Å². The van der Waals surface area contributed by atoms with Crippen LogP contribution in [0.2, 0.25) is 5.02 Å². The quantitative estimate of drug-likeness (QED) is 0.480. The normalized spacial score (nSPS) is 15.6. The van der Waals surface area contributed by atoms with Gasteiger partial charge >= 0.3 is 0 Å². The lowest BCUT2D eigenvalue weighted by molar-refractivity contribution is -0.0313. The number of thiazole rings is 1. The van der Waals surface area contributed by atoms with Crippen molar-refractivity contribution in [3.05, 3.63) is 74.7 Å². The molecule has 1 fully saturated rings. The van der Waals surface area contributed by atoms with E-state index in [1.165, 1.54) is 11.3 Å². The highest BCUT2D eigenvalue weighted by atomic mass is 35.5. The monoisotopic (exact) mass is 501 g/mol. The number of rotatable bonds is 8. The van der Waals surface area contributed by atoms with E-state index in [0.29, 0.717) is 47.2 Å². The van der Waals surface area contributed by atoms with E-state index >= 15 is 0 Å². The second kappa shape index (κ2) is 10.7. The summed E-state index contributed by atoms with van der Waals surface area (Å²) in [5, 5.41) is 14.9. The highest BCUT2D eigenvalue weighted by Crippen LogP contribution is 2.36. The van der Waals surface area contributed by atoms with Gasteiger partial charge in [-0.25, -0.2) is 4.98 Å². The molecule has 9 heteroatoms. The van der Waals surface area contributed by atoms with Crippen LogP contribution in [0.25, 0.3) is 0 Å². The SMILES string of the molecule is COc1ccc(CN2CCC(O)(c3ncsc3CNC(=O)c3ccc(Cl)cc3)CC2)cc1OC. The summed E-state index contributed by atoms with van der Waals surface area (Å²) < 4.78 is 10.7. The van der Waals surface area contributed by atoms with Crippen LogP contribution in [0.3, 0.4) is 0 Å². The molecule has 1 saturated heterocycles. The highest BCUT2D eigenvalue weighted by Gasteiger charge is 2.37. The average molecular weight is 502 g/mol. The highest BCUT2D eigenvalue weighted by molar-refractivity contribution is 7.09. The lowest BCUT2D eigenvalue weighted by Crippen LogP contribution is -2.43. The van der Waals surface area contributed by atoms with E-state index in [0.717, 1.165) is 30.1 Å². The maximum absolute atomic E-state index is 12.5. The van der Waals surface area contributed by atoms with Crippen LogP contribution in [0, 0.1) is 0 Å². The van der Waals surface area contributed by atoms with E-state index in [9.17, 15) is 9.90 Å². The number of nitrogens with one attached hydrogen (secondary N) is 1. The minimum Gasteiger partial charge on any atom is -0.493 e. The van der Waals surface area contributed by atoms with Crippen molar-refractivity contribution in [2.24, 2.45) is 0 Å². The van der Waals surface area contributed by atoms with Crippen LogP contribution in [0.5, 0.6) is 11.5 Å². The molecule has 0 atom stereocenters. The summed E-state index contributed by atoms with van der Waals surface area (Å²) in [6, 6.07) is 12.7. The molecule has 1 aliphatic rings. The summed E-state index contributed by atoms with van der Waals surface area (Å²) in [5.74, 6) is 1.23. The molecule has 7 nitrogen and oxygen atoms in total. The van der Waals surface area contributed by atoms with Crippen molar-refractivity contribution in [1.82, 2.24) is 15.2 Å². The zero-order chi connectivity index (χ0) is 24.1. The van der Waals surface area contributed by atoms with Crippen LogP contribution < -0.4 is 14.8 Å². The Morgan fingerprint density at radius 1 is 1.15 bits per heavy atom. The van der Waals surface area contributed by atoms with E-state index in [-0.39, 0.29) is 5.91 Å². The van der Waals surface area contributed by atoms with Gasteiger partial charge in [0.25, 0.3) is 5.91 Å². The second-order valence-electron chi connectivity index (χ2n) is 8.31. The van der Waals surface area contributed by atoms with E-state index in [2.05, 4.69) is 15.2 Å². The first-order valence-corrected chi connectivity index (χ1v) is 12.3. The summed E-state index contributed by atoms with van der Waals surface area (Å²) in [7, 11) is 3.25. The number of hydrogen-bond acceptors (Lipinski definition) is 7. The summed E-state index contributed by atoms with van der Waals surface area (Å²) >= 11 is 7.34. The zero-order valence-electron chi connectivity index (χ0n) is 19.2. The number of benzene rings is 2. The van der Waals surface area contributed by atoms with Crippen LogP contribution in [0.4, 0.5) is 0 Å². The number of carbonyl (C=O) groups excluding carboxylic acids is 1. The number of aromatic nitrogens is 1. The Morgan fingerprint density at radius 2 is 1.85 bits per heavy atom. The van der Waals surface area contributed by atoms with Crippen molar-refractivity contribution in [3.8, 4) is 11.5 Å². The van der Waals surface area contributed by atoms with Crippen LogP contribution in [0.1, 0.15) is 39.3 Å². The Kier molecular flexibility index (Phi) is 7.73. The molecular weight excluding hydrogens is 474 g/mol. The van der Waals surface area contributed by atoms with Crippen LogP contribution in [-0.4, -0.2) is 48.2 Å². The molecule has 0 aliphatic carbocycles. The van der Waals surface area contributed by atoms with Crippen molar-refractivity contribution < 1.29 is 19.4 Å². The van der Waals surface area contributed by atoms with E-state index in [4.69, 9.17) is 21.1 Å². The Hall–Kier alpha value is -2.65. The fourth-order valence-electron chi connectivity index (χ4n) is 4.19. The third-order valence-corrected chi connectivity index (χ3v) is 7.22. The maximum Gasteiger partial charge on any atom is 0.251 e. The first kappa shape index (κ1) is 24.5. The fourth-order valence-corrected chi connectivity index (χ4v) is 5.12. The molecule has 0 bridgehead atoms. The van der Waals surface area contributed by atoms with Gasteiger partial charge in [-0.15, -0.1) is 11.3 Å². The Morgan fingerprint density at radius 3 is 2.53 bits per heavy atom. The van der Waals surface area contributed by atoms with E-state index < -0.39 is 5.60 Å². The third-order valence-electron chi connectivity index (χ3n) is 6.13. The molecule has 4 rings (SSSR count).